The van der Waals surface area contributed by atoms with E-state index in [0.717, 1.165) is 27.4 Å². The van der Waals surface area contributed by atoms with Crippen LogP contribution < -0.4 is 10.6 Å². The Morgan fingerprint density at radius 2 is 1.75 bits per heavy atom. The molecule has 164 valence electrons. The second kappa shape index (κ2) is 9.20. The van der Waals surface area contributed by atoms with E-state index in [0.29, 0.717) is 12.1 Å². The monoisotopic (exact) mass is 430 g/mol. The van der Waals surface area contributed by atoms with Gasteiger partial charge in [0, 0.05) is 28.8 Å². The molecule has 4 N–H and O–H groups in total. The van der Waals surface area contributed by atoms with Gasteiger partial charge in [0.25, 0.3) is 5.91 Å². The van der Waals surface area contributed by atoms with Gasteiger partial charge in [0.05, 0.1) is 17.8 Å². The molecular weight excluding hydrogens is 404 g/mol. The van der Waals surface area contributed by atoms with Gasteiger partial charge in [-0.15, -0.1) is 0 Å². The van der Waals surface area contributed by atoms with Gasteiger partial charge in [-0.2, -0.15) is 0 Å². The van der Waals surface area contributed by atoms with Crippen LogP contribution in [0.2, 0.25) is 0 Å². The van der Waals surface area contributed by atoms with Gasteiger partial charge in [-0.25, -0.2) is 4.98 Å². The predicted molar refractivity (Wildman–Crippen MR) is 124 cm³/mol. The summed E-state index contributed by atoms with van der Waals surface area (Å²) in [7, 11) is 0. The summed E-state index contributed by atoms with van der Waals surface area (Å²) in [5.41, 5.74) is 3.74. The fourth-order valence-corrected chi connectivity index (χ4v) is 3.80. The number of hydrogen-bond donors (Lipinski definition) is 4. The molecule has 0 fully saturated rings. The number of aliphatic hydroxyl groups is 1. The van der Waals surface area contributed by atoms with Crippen molar-refractivity contribution in [3.8, 4) is 0 Å². The third-order valence-corrected chi connectivity index (χ3v) is 5.48. The number of pyridine rings is 1. The van der Waals surface area contributed by atoms with E-state index in [9.17, 15) is 14.7 Å². The summed E-state index contributed by atoms with van der Waals surface area (Å²) in [6.45, 7) is 3.37. The number of aromatic nitrogens is 2. The first-order chi connectivity index (χ1) is 15.5. The summed E-state index contributed by atoms with van der Waals surface area (Å²) < 4.78 is 0. The summed E-state index contributed by atoms with van der Waals surface area (Å²) >= 11 is 0. The van der Waals surface area contributed by atoms with E-state index in [1.54, 1.807) is 13.0 Å². The van der Waals surface area contributed by atoms with E-state index in [-0.39, 0.29) is 18.2 Å². The van der Waals surface area contributed by atoms with Crippen molar-refractivity contribution in [3.63, 3.8) is 0 Å². The second-order valence-corrected chi connectivity index (χ2v) is 7.99. The Morgan fingerprint density at radius 1 is 1.03 bits per heavy atom. The van der Waals surface area contributed by atoms with Crippen molar-refractivity contribution in [2.45, 2.75) is 32.4 Å². The van der Waals surface area contributed by atoms with Crippen LogP contribution in [-0.2, 0) is 11.2 Å². The Hall–Kier alpha value is -3.71. The zero-order valence-corrected chi connectivity index (χ0v) is 18.1. The highest BCUT2D eigenvalue weighted by Crippen LogP contribution is 2.27. The number of H-pyrrole nitrogens is 1. The van der Waals surface area contributed by atoms with E-state index in [1.165, 1.54) is 0 Å². The quantitative estimate of drug-likeness (QED) is 0.362. The second-order valence-electron chi connectivity index (χ2n) is 7.99. The van der Waals surface area contributed by atoms with Crippen LogP contribution >= 0.6 is 0 Å². The zero-order valence-electron chi connectivity index (χ0n) is 18.1. The van der Waals surface area contributed by atoms with Crippen LogP contribution in [0.4, 0.5) is 0 Å². The highest BCUT2D eigenvalue weighted by atomic mass is 16.3. The number of fused-ring (bicyclic) bond motifs is 3. The Kier molecular flexibility index (Phi) is 6.18. The summed E-state index contributed by atoms with van der Waals surface area (Å²) in [5.74, 6) is -0.776. The summed E-state index contributed by atoms with van der Waals surface area (Å²) in [4.78, 5) is 33.8. The summed E-state index contributed by atoms with van der Waals surface area (Å²) in [6, 6.07) is 17.9. The maximum atomic E-state index is 13.1. The van der Waals surface area contributed by atoms with Gasteiger partial charge in [0.15, 0.2) is 0 Å². The average molecular weight is 431 g/mol. The molecule has 7 heteroatoms. The molecule has 0 radical (unpaired) electrons. The van der Waals surface area contributed by atoms with Crippen LogP contribution in [-0.4, -0.2) is 45.6 Å². The van der Waals surface area contributed by atoms with Gasteiger partial charge in [0.2, 0.25) is 5.91 Å². The number of para-hydroxylation sites is 1. The van der Waals surface area contributed by atoms with E-state index in [2.05, 4.69) is 20.6 Å². The summed E-state index contributed by atoms with van der Waals surface area (Å²) in [5, 5.41) is 16.8. The van der Waals surface area contributed by atoms with Gasteiger partial charge in [0.1, 0.15) is 11.7 Å². The molecule has 2 amide bonds. The number of benzene rings is 2. The normalized spacial score (nSPS) is 13.1. The molecule has 0 saturated carbocycles. The minimum absolute atomic E-state index is 0.185. The number of hydrogen-bond acceptors (Lipinski definition) is 4. The molecule has 2 heterocycles. The summed E-state index contributed by atoms with van der Waals surface area (Å²) in [6.07, 6.45) is 0.324. The molecule has 4 rings (SSSR count). The first-order valence-corrected chi connectivity index (χ1v) is 10.6. The molecule has 0 aliphatic heterocycles. The Labute approximate surface area is 185 Å². The number of aromatic amines is 1. The van der Waals surface area contributed by atoms with Crippen molar-refractivity contribution in [2.75, 3.05) is 6.61 Å². The molecule has 2 unspecified atom stereocenters. The largest absolute Gasteiger partial charge is 0.394 e. The Bertz CT molecular complexity index is 1270. The van der Waals surface area contributed by atoms with Crippen molar-refractivity contribution in [2.24, 2.45) is 0 Å². The van der Waals surface area contributed by atoms with Crippen LogP contribution in [0.5, 0.6) is 0 Å². The average Bonchev–Trinajstić information content (AvgIpc) is 3.18. The number of nitrogens with zero attached hydrogens (tertiary/aromatic N) is 1. The minimum atomic E-state index is -0.806. The van der Waals surface area contributed by atoms with Gasteiger partial charge >= 0.3 is 0 Å². The van der Waals surface area contributed by atoms with Gasteiger partial charge in [-0.05, 0) is 31.5 Å². The molecule has 0 saturated heterocycles. The highest BCUT2D eigenvalue weighted by Gasteiger charge is 2.24. The van der Waals surface area contributed by atoms with Crippen LogP contribution in [0.3, 0.4) is 0 Å². The maximum Gasteiger partial charge on any atom is 0.270 e. The van der Waals surface area contributed by atoms with E-state index in [1.807, 2.05) is 61.5 Å². The van der Waals surface area contributed by atoms with Crippen molar-refractivity contribution in [1.82, 2.24) is 20.6 Å². The first-order valence-electron chi connectivity index (χ1n) is 10.6. The Balaban J connectivity index is 1.64. The lowest BCUT2D eigenvalue weighted by Gasteiger charge is -2.21. The smallest absolute Gasteiger partial charge is 0.270 e. The standard InChI is InChI=1S/C25H26N4O3/c1-15(14-30)26-24(31)21(12-17-8-4-3-5-9-17)29-25(32)22-13-19-18-10-6-7-11-20(18)28-23(19)16(2)27-22/h3-11,13,15,21,28,30H,12,14H2,1-2H3,(H,26,31)(H,29,32). The van der Waals surface area contributed by atoms with Gasteiger partial charge in [-0.3, -0.25) is 9.59 Å². The molecule has 2 aromatic heterocycles. The molecule has 2 aromatic carbocycles. The van der Waals surface area contributed by atoms with Gasteiger partial charge < -0.3 is 20.7 Å². The SMILES string of the molecule is Cc1nc(C(=O)NC(Cc2ccccc2)C(=O)NC(C)CO)cc2c1[nH]c1ccccc12. The topological polar surface area (TPSA) is 107 Å². The molecule has 0 aliphatic rings. The van der Waals surface area contributed by atoms with E-state index in [4.69, 9.17) is 0 Å². The zero-order chi connectivity index (χ0) is 22.7. The van der Waals surface area contributed by atoms with Crippen LogP contribution in [0, 0.1) is 6.92 Å². The van der Waals surface area contributed by atoms with Crippen molar-refractivity contribution >= 4 is 33.6 Å². The lowest BCUT2D eigenvalue weighted by Crippen LogP contribution is -2.51. The number of aryl methyl sites for hydroxylation is 1. The molecule has 0 bridgehead atoms. The van der Waals surface area contributed by atoms with E-state index < -0.39 is 18.0 Å². The van der Waals surface area contributed by atoms with Crippen molar-refractivity contribution < 1.29 is 14.7 Å². The van der Waals surface area contributed by atoms with Crippen LogP contribution in [0.1, 0.15) is 28.7 Å². The number of carbonyl (C=O) groups is 2. The number of amides is 2. The third-order valence-electron chi connectivity index (χ3n) is 5.48. The number of carbonyl (C=O) groups excluding carboxylic acids is 2. The van der Waals surface area contributed by atoms with Gasteiger partial charge in [-0.1, -0.05) is 48.5 Å². The van der Waals surface area contributed by atoms with Crippen LogP contribution in [0.25, 0.3) is 21.8 Å². The maximum absolute atomic E-state index is 13.1. The van der Waals surface area contributed by atoms with Crippen molar-refractivity contribution in [3.05, 3.63) is 77.6 Å². The fraction of sp³-hybridized carbons (Fsp3) is 0.240. The Morgan fingerprint density at radius 3 is 2.50 bits per heavy atom. The van der Waals surface area contributed by atoms with Crippen LogP contribution in [0.15, 0.2) is 60.7 Å². The minimum Gasteiger partial charge on any atom is -0.394 e. The van der Waals surface area contributed by atoms with E-state index >= 15 is 0 Å². The number of nitrogens with one attached hydrogen (secondary N) is 3. The molecule has 7 nitrogen and oxygen atoms in total. The molecule has 0 aliphatic carbocycles. The molecule has 2 atom stereocenters. The first kappa shape index (κ1) is 21.5. The van der Waals surface area contributed by atoms with Crippen molar-refractivity contribution in [1.29, 1.82) is 0 Å². The lowest BCUT2D eigenvalue weighted by molar-refractivity contribution is -0.123. The fourth-order valence-electron chi connectivity index (χ4n) is 3.80. The molecular formula is C25H26N4O3. The number of rotatable bonds is 7. The predicted octanol–water partition coefficient (Wildman–Crippen LogP) is 2.86. The molecule has 0 spiro atoms. The highest BCUT2D eigenvalue weighted by molar-refractivity contribution is 6.10. The molecule has 32 heavy (non-hydrogen) atoms. The lowest BCUT2D eigenvalue weighted by atomic mass is 10.0. The molecule has 4 aromatic rings. The third kappa shape index (κ3) is 4.48. The number of aliphatic hydroxyl groups excluding tert-OH is 1.